The van der Waals surface area contributed by atoms with E-state index in [0.717, 1.165) is 56.0 Å². The fourth-order valence-corrected chi connectivity index (χ4v) is 6.50. The first-order valence-electron chi connectivity index (χ1n) is 16.2. The summed E-state index contributed by atoms with van der Waals surface area (Å²) in [5.41, 5.74) is 11.7. The Hall–Kier alpha value is -6.13. The Kier molecular flexibility index (Phi) is 7.69. The maximum absolute atomic E-state index is 13.4. The first-order valence-corrected chi connectivity index (χ1v) is 16.2. The lowest BCUT2D eigenvalue weighted by Crippen LogP contribution is -2.04. The van der Waals surface area contributed by atoms with Gasteiger partial charge in [0.1, 0.15) is 0 Å². The van der Waals surface area contributed by atoms with Crippen LogP contribution in [-0.4, -0.2) is 4.57 Å². The normalized spacial score (nSPS) is 11.6. The van der Waals surface area contributed by atoms with Crippen LogP contribution in [-0.2, 0) is 6.18 Å². The second kappa shape index (κ2) is 12.5. The molecule has 1 aromatic heterocycles. The van der Waals surface area contributed by atoms with Crippen molar-refractivity contribution in [3.8, 4) is 61.3 Å². The quantitative estimate of drug-likeness (QED) is 0.170. The number of hydrogen-bond donors (Lipinski definition) is 0. The standard InChI is InChI=1S/C45H30F3N/c46-45(47,48)40-13-7-12-38(28-40)36-22-25-41(26-23-36)49-30-43(37-20-18-34(19-21-37)32-10-5-2-6-11-32)42-29-39(24-27-44(42)49)35-16-14-33(15-17-35)31-8-3-1-4-9-31/h1-30H. The highest BCUT2D eigenvalue weighted by Gasteiger charge is 2.30. The molecule has 1 heterocycles. The van der Waals surface area contributed by atoms with Crippen LogP contribution in [0, 0.1) is 0 Å². The predicted molar refractivity (Wildman–Crippen MR) is 195 cm³/mol. The van der Waals surface area contributed by atoms with E-state index in [2.05, 4.69) is 114 Å². The van der Waals surface area contributed by atoms with Gasteiger partial charge in [-0.2, -0.15) is 13.2 Å². The molecule has 0 radical (unpaired) electrons. The third-order valence-corrected chi connectivity index (χ3v) is 9.10. The average Bonchev–Trinajstić information content (AvgIpc) is 3.54. The lowest BCUT2D eigenvalue weighted by atomic mass is 9.97. The molecule has 1 nitrogen and oxygen atoms in total. The zero-order chi connectivity index (χ0) is 33.4. The van der Waals surface area contributed by atoms with Gasteiger partial charge in [0.2, 0.25) is 0 Å². The first kappa shape index (κ1) is 30.2. The number of alkyl halides is 3. The molecule has 236 valence electrons. The second-order valence-corrected chi connectivity index (χ2v) is 12.2. The van der Waals surface area contributed by atoms with E-state index in [0.29, 0.717) is 5.56 Å². The highest BCUT2D eigenvalue weighted by Crippen LogP contribution is 2.38. The number of rotatable bonds is 6. The maximum Gasteiger partial charge on any atom is 0.416 e. The van der Waals surface area contributed by atoms with Crippen LogP contribution in [0.15, 0.2) is 182 Å². The summed E-state index contributed by atoms with van der Waals surface area (Å²) in [5, 5.41) is 1.11. The molecule has 0 fully saturated rings. The number of fused-ring (bicyclic) bond motifs is 1. The van der Waals surface area contributed by atoms with Crippen LogP contribution in [0.3, 0.4) is 0 Å². The lowest BCUT2D eigenvalue weighted by Gasteiger charge is -2.11. The molecule has 0 aliphatic carbocycles. The van der Waals surface area contributed by atoms with Gasteiger partial charge in [-0.25, -0.2) is 0 Å². The van der Waals surface area contributed by atoms with Gasteiger partial charge >= 0.3 is 6.18 Å². The maximum atomic E-state index is 13.4. The van der Waals surface area contributed by atoms with Crippen LogP contribution in [0.1, 0.15) is 5.56 Å². The van der Waals surface area contributed by atoms with Crippen molar-refractivity contribution >= 4 is 10.9 Å². The van der Waals surface area contributed by atoms with E-state index in [4.69, 9.17) is 0 Å². The molecule has 0 amide bonds. The Morgan fingerprint density at radius 3 is 1.35 bits per heavy atom. The summed E-state index contributed by atoms with van der Waals surface area (Å²) in [6, 6.07) is 57.7. The molecular weight excluding hydrogens is 611 g/mol. The minimum Gasteiger partial charge on any atom is -0.316 e. The van der Waals surface area contributed by atoms with Crippen molar-refractivity contribution in [1.82, 2.24) is 4.57 Å². The topological polar surface area (TPSA) is 4.93 Å². The average molecular weight is 642 g/mol. The fourth-order valence-electron chi connectivity index (χ4n) is 6.50. The molecule has 8 rings (SSSR count). The van der Waals surface area contributed by atoms with Gasteiger partial charge in [0.15, 0.2) is 0 Å². The summed E-state index contributed by atoms with van der Waals surface area (Å²) in [4.78, 5) is 0. The second-order valence-electron chi connectivity index (χ2n) is 12.2. The summed E-state index contributed by atoms with van der Waals surface area (Å²) < 4.78 is 42.3. The van der Waals surface area contributed by atoms with Crippen molar-refractivity contribution in [2.75, 3.05) is 0 Å². The Morgan fingerprint density at radius 1 is 0.367 bits per heavy atom. The van der Waals surface area contributed by atoms with E-state index in [1.165, 1.54) is 28.8 Å². The van der Waals surface area contributed by atoms with Gasteiger partial charge in [0, 0.05) is 22.8 Å². The Morgan fingerprint density at radius 2 is 0.796 bits per heavy atom. The molecule has 4 heteroatoms. The minimum atomic E-state index is -4.39. The Labute approximate surface area is 283 Å². The Bertz CT molecular complexity index is 2370. The lowest BCUT2D eigenvalue weighted by molar-refractivity contribution is -0.137. The number of benzene rings is 7. The van der Waals surface area contributed by atoms with E-state index >= 15 is 0 Å². The van der Waals surface area contributed by atoms with Crippen molar-refractivity contribution < 1.29 is 13.2 Å². The van der Waals surface area contributed by atoms with Crippen LogP contribution < -0.4 is 0 Å². The fraction of sp³-hybridized carbons (Fsp3) is 0.0222. The smallest absolute Gasteiger partial charge is 0.316 e. The zero-order valence-electron chi connectivity index (χ0n) is 26.4. The van der Waals surface area contributed by atoms with Gasteiger partial charge in [-0.05, 0) is 86.5 Å². The number of aromatic nitrogens is 1. The van der Waals surface area contributed by atoms with Gasteiger partial charge in [-0.1, -0.05) is 140 Å². The van der Waals surface area contributed by atoms with Gasteiger partial charge in [0.25, 0.3) is 0 Å². The van der Waals surface area contributed by atoms with E-state index in [1.54, 1.807) is 6.07 Å². The number of nitrogens with zero attached hydrogens (tertiary/aromatic N) is 1. The summed E-state index contributed by atoms with van der Waals surface area (Å²) in [6.07, 6.45) is -2.23. The number of halogens is 3. The van der Waals surface area contributed by atoms with Crippen molar-refractivity contribution in [2.24, 2.45) is 0 Å². The van der Waals surface area contributed by atoms with Gasteiger partial charge in [-0.3, -0.25) is 0 Å². The first-order chi connectivity index (χ1) is 23.9. The molecule has 0 unspecified atom stereocenters. The molecule has 0 N–H and O–H groups in total. The van der Waals surface area contributed by atoms with Crippen LogP contribution in [0.25, 0.3) is 72.2 Å². The van der Waals surface area contributed by atoms with E-state index in [9.17, 15) is 13.2 Å². The molecule has 0 spiro atoms. The van der Waals surface area contributed by atoms with Crippen LogP contribution in [0.5, 0.6) is 0 Å². The number of hydrogen-bond acceptors (Lipinski definition) is 0. The predicted octanol–water partition coefficient (Wildman–Crippen LogP) is 13.0. The highest BCUT2D eigenvalue weighted by atomic mass is 19.4. The van der Waals surface area contributed by atoms with Crippen LogP contribution in [0.4, 0.5) is 13.2 Å². The molecule has 0 aliphatic heterocycles. The third kappa shape index (κ3) is 6.05. The Balaban J connectivity index is 1.20. The van der Waals surface area contributed by atoms with E-state index in [-0.39, 0.29) is 0 Å². The van der Waals surface area contributed by atoms with Gasteiger partial charge in [-0.15, -0.1) is 0 Å². The summed E-state index contributed by atoms with van der Waals surface area (Å²) >= 11 is 0. The van der Waals surface area contributed by atoms with E-state index in [1.807, 2.05) is 48.5 Å². The molecule has 0 bridgehead atoms. The summed E-state index contributed by atoms with van der Waals surface area (Å²) in [5.74, 6) is 0. The molecule has 0 saturated carbocycles. The minimum absolute atomic E-state index is 0.529. The summed E-state index contributed by atoms with van der Waals surface area (Å²) in [6.45, 7) is 0. The largest absolute Gasteiger partial charge is 0.416 e. The highest BCUT2D eigenvalue weighted by molar-refractivity contribution is 6.00. The molecule has 0 aliphatic rings. The van der Waals surface area contributed by atoms with Crippen molar-refractivity contribution in [3.05, 3.63) is 188 Å². The monoisotopic (exact) mass is 641 g/mol. The third-order valence-electron chi connectivity index (χ3n) is 9.10. The molecule has 7 aromatic carbocycles. The van der Waals surface area contributed by atoms with Gasteiger partial charge in [0.05, 0.1) is 11.1 Å². The molecule has 49 heavy (non-hydrogen) atoms. The van der Waals surface area contributed by atoms with E-state index < -0.39 is 11.7 Å². The molecular formula is C45H30F3N. The van der Waals surface area contributed by atoms with Crippen LogP contribution >= 0.6 is 0 Å². The summed E-state index contributed by atoms with van der Waals surface area (Å²) in [7, 11) is 0. The molecule has 0 atom stereocenters. The van der Waals surface area contributed by atoms with Crippen molar-refractivity contribution in [3.63, 3.8) is 0 Å². The van der Waals surface area contributed by atoms with Crippen molar-refractivity contribution in [1.29, 1.82) is 0 Å². The van der Waals surface area contributed by atoms with Crippen molar-refractivity contribution in [2.45, 2.75) is 6.18 Å². The molecule has 0 saturated heterocycles. The van der Waals surface area contributed by atoms with Gasteiger partial charge < -0.3 is 4.57 Å². The SMILES string of the molecule is FC(F)(F)c1cccc(-c2ccc(-n3cc(-c4ccc(-c5ccccc5)cc4)c4cc(-c5ccc(-c6ccccc6)cc5)ccc43)cc2)c1. The van der Waals surface area contributed by atoms with Crippen LogP contribution in [0.2, 0.25) is 0 Å². The molecule has 8 aromatic rings. The zero-order valence-corrected chi connectivity index (χ0v) is 26.4.